The lowest BCUT2D eigenvalue weighted by Gasteiger charge is -2.36. The molecule has 9 heteroatoms. The molecular formula is C24H26N4O4S. The Bertz CT molecular complexity index is 1420. The zero-order valence-corrected chi connectivity index (χ0v) is 19.5. The summed E-state index contributed by atoms with van der Waals surface area (Å²) in [7, 11) is 0. The Balaban J connectivity index is 1.53. The number of nitrogens with zero attached hydrogens (tertiary/aromatic N) is 2. The molecule has 0 aliphatic carbocycles. The molecule has 172 valence electrons. The maximum atomic E-state index is 13.6. The molecule has 1 aromatic carbocycles. The summed E-state index contributed by atoms with van der Waals surface area (Å²) in [5, 5.41) is 6.40. The van der Waals surface area contributed by atoms with Crippen molar-refractivity contribution < 1.29 is 9.53 Å². The van der Waals surface area contributed by atoms with E-state index in [1.165, 1.54) is 17.3 Å². The van der Waals surface area contributed by atoms with Crippen LogP contribution >= 0.6 is 11.8 Å². The number of hydrogen-bond donors (Lipinski definition) is 2. The number of amides is 1. The van der Waals surface area contributed by atoms with Gasteiger partial charge in [0.25, 0.3) is 11.1 Å². The van der Waals surface area contributed by atoms with Gasteiger partial charge in [0.1, 0.15) is 5.82 Å². The fourth-order valence-electron chi connectivity index (χ4n) is 5.56. The number of hydrogen-bond acceptors (Lipinski definition) is 5. The van der Waals surface area contributed by atoms with Gasteiger partial charge >= 0.3 is 0 Å². The smallest absolute Gasteiger partial charge is 0.270 e. The summed E-state index contributed by atoms with van der Waals surface area (Å²) in [4.78, 5) is 39.5. The van der Waals surface area contributed by atoms with E-state index in [1.54, 1.807) is 4.68 Å². The number of fused-ring (bicyclic) bond motifs is 1. The van der Waals surface area contributed by atoms with Crippen LogP contribution in [0.25, 0.3) is 10.9 Å². The van der Waals surface area contributed by atoms with Crippen LogP contribution in [0.2, 0.25) is 0 Å². The molecule has 3 aliphatic heterocycles. The summed E-state index contributed by atoms with van der Waals surface area (Å²) in [5.74, 6) is 0.489. The van der Waals surface area contributed by atoms with Gasteiger partial charge < -0.3 is 14.6 Å². The standard InChI is InChI=1S/C24H26N4O4S/c1-24(2)11-15(7-9-32-24)28-21-18(22(30)26-28)20(33-12-17(29)25-21)16-10-14-5-3-4-13-6-8-27(19(13)14)23(16)31/h3-5,10,15,20H,6-9,11-12H2,1-2H3,(H,25,29)(H,26,30)/t15-,20+/m0/s1. The highest BCUT2D eigenvalue weighted by Gasteiger charge is 2.37. The fraction of sp³-hybridized carbons (Fsp3) is 0.458. The molecule has 0 radical (unpaired) electrons. The molecule has 6 rings (SSSR count). The number of carbonyl (C=O) groups excluding carboxylic acids is 1. The Kier molecular flexibility index (Phi) is 4.64. The number of ether oxygens (including phenoxy) is 1. The van der Waals surface area contributed by atoms with Crippen molar-refractivity contribution in [1.29, 1.82) is 0 Å². The van der Waals surface area contributed by atoms with Crippen molar-refractivity contribution in [1.82, 2.24) is 14.3 Å². The molecule has 5 heterocycles. The first-order valence-electron chi connectivity index (χ1n) is 11.4. The fourth-order valence-corrected chi connectivity index (χ4v) is 6.69. The van der Waals surface area contributed by atoms with Crippen LogP contribution in [0, 0.1) is 0 Å². The van der Waals surface area contributed by atoms with Crippen LogP contribution in [0.15, 0.2) is 33.9 Å². The first-order valence-corrected chi connectivity index (χ1v) is 12.4. The van der Waals surface area contributed by atoms with Gasteiger partial charge in [0, 0.05) is 18.7 Å². The summed E-state index contributed by atoms with van der Waals surface area (Å²) in [5.41, 5.74) is 2.50. The van der Waals surface area contributed by atoms with Gasteiger partial charge in [0.05, 0.1) is 33.7 Å². The number of nitrogens with one attached hydrogen (secondary N) is 2. The number of pyridine rings is 1. The second kappa shape index (κ2) is 7.36. The molecule has 33 heavy (non-hydrogen) atoms. The molecule has 3 aromatic rings. The van der Waals surface area contributed by atoms with Crippen molar-refractivity contribution in [3.63, 3.8) is 0 Å². The molecule has 3 aliphatic rings. The third kappa shape index (κ3) is 3.28. The Morgan fingerprint density at radius 2 is 2.06 bits per heavy atom. The zero-order chi connectivity index (χ0) is 22.9. The van der Waals surface area contributed by atoms with Crippen molar-refractivity contribution in [2.45, 2.75) is 56.5 Å². The summed E-state index contributed by atoms with van der Waals surface area (Å²) in [6.07, 6.45) is 2.28. The predicted octanol–water partition coefficient (Wildman–Crippen LogP) is 2.95. The normalized spacial score (nSPS) is 23.9. The second-order valence-electron chi connectivity index (χ2n) is 9.73. The summed E-state index contributed by atoms with van der Waals surface area (Å²) < 4.78 is 9.48. The largest absolute Gasteiger partial charge is 0.375 e. The van der Waals surface area contributed by atoms with Gasteiger partial charge in [-0.3, -0.25) is 24.2 Å². The van der Waals surface area contributed by atoms with Gasteiger partial charge in [-0.2, -0.15) is 0 Å². The molecule has 1 saturated heterocycles. The minimum absolute atomic E-state index is 0.00727. The molecule has 0 saturated carbocycles. The number of rotatable bonds is 2. The molecule has 2 N–H and O–H groups in total. The number of H-pyrrole nitrogens is 1. The first kappa shape index (κ1) is 20.8. The maximum Gasteiger partial charge on any atom is 0.270 e. The number of anilines is 1. The minimum atomic E-state index is -0.526. The number of para-hydroxylation sites is 1. The molecule has 8 nitrogen and oxygen atoms in total. The van der Waals surface area contributed by atoms with Crippen molar-refractivity contribution >= 4 is 34.4 Å². The van der Waals surface area contributed by atoms with E-state index >= 15 is 0 Å². The molecular weight excluding hydrogens is 440 g/mol. The number of aryl methyl sites for hydroxylation is 2. The van der Waals surface area contributed by atoms with Gasteiger partial charge in [0.2, 0.25) is 5.91 Å². The zero-order valence-electron chi connectivity index (χ0n) is 18.6. The first-order chi connectivity index (χ1) is 15.8. The van der Waals surface area contributed by atoms with Gasteiger partial charge in [-0.25, -0.2) is 0 Å². The number of benzene rings is 1. The highest BCUT2D eigenvalue weighted by atomic mass is 32.2. The Hall–Kier alpha value is -2.78. The van der Waals surface area contributed by atoms with Crippen LogP contribution < -0.4 is 16.4 Å². The van der Waals surface area contributed by atoms with Gasteiger partial charge in [0.15, 0.2) is 0 Å². The average Bonchev–Trinajstić information content (AvgIpc) is 3.29. The van der Waals surface area contributed by atoms with Crippen LogP contribution in [0.4, 0.5) is 5.82 Å². The van der Waals surface area contributed by atoms with Gasteiger partial charge in [-0.15, -0.1) is 11.8 Å². The predicted molar refractivity (Wildman–Crippen MR) is 128 cm³/mol. The van der Waals surface area contributed by atoms with E-state index in [0.717, 1.165) is 23.7 Å². The monoisotopic (exact) mass is 466 g/mol. The topological polar surface area (TPSA) is 98.1 Å². The summed E-state index contributed by atoms with van der Waals surface area (Å²) in [6, 6.07) is 7.98. The number of carbonyl (C=O) groups is 1. The average molecular weight is 467 g/mol. The van der Waals surface area contributed by atoms with E-state index in [2.05, 4.69) is 16.5 Å². The minimum Gasteiger partial charge on any atom is -0.375 e. The maximum absolute atomic E-state index is 13.6. The van der Waals surface area contributed by atoms with Crippen LogP contribution in [-0.2, 0) is 22.5 Å². The van der Waals surface area contributed by atoms with Crippen LogP contribution in [0.1, 0.15) is 54.7 Å². The van der Waals surface area contributed by atoms with E-state index in [0.29, 0.717) is 36.5 Å². The molecule has 0 bridgehead atoms. The van der Waals surface area contributed by atoms with Crippen molar-refractivity contribution in [2.24, 2.45) is 0 Å². The number of aromatic nitrogens is 3. The lowest BCUT2D eigenvalue weighted by molar-refractivity contribution is -0.113. The quantitative estimate of drug-likeness (QED) is 0.605. The molecule has 0 unspecified atom stereocenters. The molecule has 2 atom stereocenters. The third-order valence-corrected chi connectivity index (χ3v) is 8.26. The second-order valence-corrected chi connectivity index (χ2v) is 10.8. The lowest BCUT2D eigenvalue weighted by atomic mass is 9.94. The van der Waals surface area contributed by atoms with Crippen LogP contribution in [-0.4, -0.2) is 38.2 Å². The van der Waals surface area contributed by atoms with E-state index in [9.17, 15) is 14.4 Å². The van der Waals surface area contributed by atoms with E-state index in [4.69, 9.17) is 4.74 Å². The van der Waals surface area contributed by atoms with E-state index in [-0.39, 0.29) is 34.4 Å². The van der Waals surface area contributed by atoms with E-state index < -0.39 is 5.25 Å². The molecule has 1 fully saturated rings. The third-order valence-electron chi connectivity index (χ3n) is 7.01. The SMILES string of the molecule is CC1(C)C[C@@H](n2[nH]c(=O)c3c2NC(=O)CS[C@@H]3c2cc3cccc4c3n(c2=O)CC4)CCO1. The van der Waals surface area contributed by atoms with Crippen molar-refractivity contribution in [2.75, 3.05) is 17.7 Å². The number of thioether (sulfide) groups is 1. The van der Waals surface area contributed by atoms with E-state index in [1.807, 2.05) is 36.6 Å². The highest BCUT2D eigenvalue weighted by molar-refractivity contribution is 8.00. The molecule has 0 spiro atoms. The molecule has 2 aromatic heterocycles. The van der Waals surface area contributed by atoms with Crippen molar-refractivity contribution in [3.05, 3.63) is 61.7 Å². The van der Waals surface area contributed by atoms with Crippen LogP contribution in [0.5, 0.6) is 0 Å². The number of aromatic amines is 1. The van der Waals surface area contributed by atoms with Gasteiger partial charge in [-0.05, 0) is 50.1 Å². The Morgan fingerprint density at radius 1 is 1.21 bits per heavy atom. The summed E-state index contributed by atoms with van der Waals surface area (Å²) in [6.45, 7) is 5.28. The van der Waals surface area contributed by atoms with Crippen LogP contribution in [0.3, 0.4) is 0 Å². The summed E-state index contributed by atoms with van der Waals surface area (Å²) >= 11 is 1.34. The highest BCUT2D eigenvalue weighted by Crippen LogP contribution is 2.42. The van der Waals surface area contributed by atoms with Crippen molar-refractivity contribution in [3.8, 4) is 0 Å². The Morgan fingerprint density at radius 3 is 2.88 bits per heavy atom. The Labute approximate surface area is 194 Å². The molecule has 1 amide bonds. The lowest BCUT2D eigenvalue weighted by Crippen LogP contribution is -2.36. The van der Waals surface area contributed by atoms with Gasteiger partial charge in [-0.1, -0.05) is 18.2 Å².